The van der Waals surface area contributed by atoms with Crippen LogP contribution in [0.15, 0.2) is 24.3 Å². The van der Waals surface area contributed by atoms with Crippen molar-refractivity contribution in [2.75, 3.05) is 44.2 Å². The first-order valence-electron chi connectivity index (χ1n) is 8.65. The number of para-hydroxylation sites is 1. The van der Waals surface area contributed by atoms with Gasteiger partial charge in [0.25, 0.3) is 10.2 Å². The monoisotopic (exact) mass is 337 g/mol. The molecule has 0 bridgehead atoms. The normalized spacial score (nSPS) is 22.0. The predicted octanol–water partition coefficient (Wildman–Crippen LogP) is 2.24. The number of anilines is 1. The number of hydrogen-bond acceptors (Lipinski definition) is 3. The number of piperazine rings is 1. The van der Waals surface area contributed by atoms with Crippen LogP contribution in [0.3, 0.4) is 0 Å². The van der Waals surface area contributed by atoms with E-state index in [-0.39, 0.29) is 0 Å². The first-order valence-corrected chi connectivity index (χ1v) is 10.0. The summed E-state index contributed by atoms with van der Waals surface area (Å²) in [6.07, 6.45) is 4.27. The smallest absolute Gasteiger partial charge is 0.282 e. The van der Waals surface area contributed by atoms with Crippen molar-refractivity contribution in [3.63, 3.8) is 0 Å². The maximum atomic E-state index is 12.8. The van der Waals surface area contributed by atoms with Crippen molar-refractivity contribution in [2.45, 2.75) is 32.6 Å². The molecule has 0 spiro atoms. The highest BCUT2D eigenvalue weighted by molar-refractivity contribution is 7.86. The lowest BCUT2D eigenvalue weighted by Gasteiger charge is -2.38. The zero-order valence-corrected chi connectivity index (χ0v) is 14.8. The fourth-order valence-electron chi connectivity index (χ4n) is 3.51. The Kier molecular flexibility index (Phi) is 5.24. The SMILES string of the molecule is Cc1ccccc1N1CCN(S(=O)(=O)N2CCCCCC2)CC1. The van der Waals surface area contributed by atoms with Crippen molar-refractivity contribution in [2.24, 2.45) is 0 Å². The lowest BCUT2D eigenvalue weighted by atomic mass is 10.1. The van der Waals surface area contributed by atoms with Crippen LogP contribution in [0.5, 0.6) is 0 Å². The van der Waals surface area contributed by atoms with Gasteiger partial charge in [-0.3, -0.25) is 0 Å². The summed E-state index contributed by atoms with van der Waals surface area (Å²) in [4.78, 5) is 2.30. The van der Waals surface area contributed by atoms with Gasteiger partial charge in [-0.1, -0.05) is 31.0 Å². The Balaban J connectivity index is 1.65. The summed E-state index contributed by atoms with van der Waals surface area (Å²) in [5, 5.41) is 0. The van der Waals surface area contributed by atoms with Crippen LogP contribution >= 0.6 is 0 Å². The molecular formula is C17H27N3O2S. The van der Waals surface area contributed by atoms with E-state index in [4.69, 9.17) is 0 Å². The molecule has 2 aliphatic rings. The molecular weight excluding hydrogens is 310 g/mol. The minimum absolute atomic E-state index is 0.577. The first-order chi connectivity index (χ1) is 11.1. The van der Waals surface area contributed by atoms with Gasteiger partial charge in [0.15, 0.2) is 0 Å². The van der Waals surface area contributed by atoms with E-state index in [0.29, 0.717) is 26.2 Å². The van der Waals surface area contributed by atoms with E-state index in [9.17, 15) is 8.42 Å². The summed E-state index contributed by atoms with van der Waals surface area (Å²) >= 11 is 0. The van der Waals surface area contributed by atoms with Gasteiger partial charge >= 0.3 is 0 Å². The standard InChI is InChI=1S/C17H27N3O2S/c1-16-8-4-5-9-17(16)18-12-14-20(15-13-18)23(21,22)19-10-6-2-3-7-11-19/h4-5,8-9H,2-3,6-7,10-15H2,1H3. The topological polar surface area (TPSA) is 43.9 Å². The maximum Gasteiger partial charge on any atom is 0.282 e. The van der Waals surface area contributed by atoms with Gasteiger partial charge < -0.3 is 4.90 Å². The van der Waals surface area contributed by atoms with E-state index in [2.05, 4.69) is 24.0 Å². The summed E-state index contributed by atoms with van der Waals surface area (Å²) < 4.78 is 29.0. The van der Waals surface area contributed by atoms with Crippen LogP contribution < -0.4 is 4.90 Å². The molecule has 0 saturated carbocycles. The second-order valence-corrected chi connectivity index (χ2v) is 8.42. The molecule has 0 amide bonds. The fraction of sp³-hybridized carbons (Fsp3) is 0.647. The molecule has 23 heavy (non-hydrogen) atoms. The zero-order valence-electron chi connectivity index (χ0n) is 13.9. The molecule has 2 aliphatic heterocycles. The largest absolute Gasteiger partial charge is 0.369 e. The molecule has 2 heterocycles. The summed E-state index contributed by atoms with van der Waals surface area (Å²) in [5.41, 5.74) is 2.47. The Bertz CT molecular complexity index is 616. The van der Waals surface area contributed by atoms with Crippen molar-refractivity contribution in [1.29, 1.82) is 0 Å². The van der Waals surface area contributed by atoms with Gasteiger partial charge in [0.1, 0.15) is 0 Å². The molecule has 0 radical (unpaired) electrons. The number of benzene rings is 1. The molecule has 2 saturated heterocycles. The van der Waals surface area contributed by atoms with Crippen LogP contribution in [0.2, 0.25) is 0 Å². The number of nitrogens with zero attached hydrogens (tertiary/aromatic N) is 3. The van der Waals surface area contributed by atoms with Crippen LogP contribution in [-0.4, -0.2) is 56.3 Å². The molecule has 1 aromatic carbocycles. The second kappa shape index (κ2) is 7.20. The third-order valence-corrected chi connectivity index (χ3v) is 6.95. The quantitative estimate of drug-likeness (QED) is 0.850. The van der Waals surface area contributed by atoms with Crippen molar-refractivity contribution < 1.29 is 8.42 Å². The molecule has 5 nitrogen and oxygen atoms in total. The molecule has 1 aromatic rings. The molecule has 0 aliphatic carbocycles. The van der Waals surface area contributed by atoms with Gasteiger partial charge in [-0.15, -0.1) is 0 Å². The minimum atomic E-state index is -3.28. The third kappa shape index (κ3) is 3.70. The summed E-state index contributed by atoms with van der Waals surface area (Å²) in [7, 11) is -3.28. The Hall–Kier alpha value is -1.11. The third-order valence-electron chi connectivity index (χ3n) is 4.91. The van der Waals surface area contributed by atoms with Gasteiger partial charge in [0.05, 0.1) is 0 Å². The van der Waals surface area contributed by atoms with Gasteiger partial charge in [0, 0.05) is 45.0 Å². The van der Waals surface area contributed by atoms with E-state index in [1.165, 1.54) is 11.3 Å². The predicted molar refractivity (Wildman–Crippen MR) is 93.9 cm³/mol. The fourth-order valence-corrected chi connectivity index (χ4v) is 5.18. The van der Waals surface area contributed by atoms with Gasteiger partial charge in [0.2, 0.25) is 0 Å². The van der Waals surface area contributed by atoms with Crippen molar-refractivity contribution >= 4 is 15.9 Å². The Morgan fingerprint density at radius 1 is 0.783 bits per heavy atom. The highest BCUT2D eigenvalue weighted by Crippen LogP contribution is 2.23. The Morgan fingerprint density at radius 2 is 1.35 bits per heavy atom. The average Bonchev–Trinajstić information content (AvgIpc) is 2.85. The van der Waals surface area contributed by atoms with Crippen LogP contribution in [0.25, 0.3) is 0 Å². The number of hydrogen-bond donors (Lipinski definition) is 0. The van der Waals surface area contributed by atoms with Crippen LogP contribution in [0.1, 0.15) is 31.2 Å². The van der Waals surface area contributed by atoms with Crippen LogP contribution in [0, 0.1) is 6.92 Å². The number of aryl methyl sites for hydroxylation is 1. The summed E-state index contributed by atoms with van der Waals surface area (Å²) in [5.74, 6) is 0. The molecule has 6 heteroatoms. The van der Waals surface area contributed by atoms with Crippen molar-refractivity contribution in [1.82, 2.24) is 8.61 Å². The van der Waals surface area contributed by atoms with Gasteiger partial charge in [-0.25, -0.2) is 0 Å². The second-order valence-electron chi connectivity index (χ2n) is 6.49. The zero-order chi connectivity index (χ0) is 16.3. The van der Waals surface area contributed by atoms with Gasteiger partial charge in [-0.2, -0.15) is 17.0 Å². The molecule has 128 valence electrons. The van der Waals surface area contributed by atoms with Gasteiger partial charge in [-0.05, 0) is 31.4 Å². The molecule has 0 N–H and O–H groups in total. The molecule has 0 aromatic heterocycles. The van der Waals surface area contributed by atoms with E-state index in [0.717, 1.165) is 38.8 Å². The van der Waals surface area contributed by atoms with E-state index in [1.807, 2.05) is 12.1 Å². The lowest BCUT2D eigenvalue weighted by Crippen LogP contribution is -2.53. The lowest BCUT2D eigenvalue weighted by molar-refractivity contribution is 0.327. The molecule has 3 rings (SSSR count). The molecule has 2 fully saturated rings. The summed E-state index contributed by atoms with van der Waals surface area (Å²) in [6, 6.07) is 8.31. The number of rotatable bonds is 3. The Morgan fingerprint density at radius 3 is 1.96 bits per heavy atom. The van der Waals surface area contributed by atoms with Crippen LogP contribution in [0.4, 0.5) is 5.69 Å². The first kappa shape index (κ1) is 16.7. The average molecular weight is 337 g/mol. The Labute approximate surface area is 140 Å². The highest BCUT2D eigenvalue weighted by atomic mass is 32.2. The van der Waals surface area contributed by atoms with E-state index < -0.39 is 10.2 Å². The van der Waals surface area contributed by atoms with Crippen LogP contribution in [-0.2, 0) is 10.2 Å². The van der Waals surface area contributed by atoms with Crippen molar-refractivity contribution in [3.05, 3.63) is 29.8 Å². The van der Waals surface area contributed by atoms with E-state index >= 15 is 0 Å². The summed E-state index contributed by atoms with van der Waals surface area (Å²) in [6.45, 7) is 6.15. The molecule has 0 unspecified atom stereocenters. The maximum absolute atomic E-state index is 12.8. The highest BCUT2D eigenvalue weighted by Gasteiger charge is 2.32. The molecule has 0 atom stereocenters. The minimum Gasteiger partial charge on any atom is -0.369 e. The van der Waals surface area contributed by atoms with E-state index in [1.54, 1.807) is 8.61 Å². The van der Waals surface area contributed by atoms with Crippen molar-refractivity contribution in [3.8, 4) is 0 Å².